The third-order valence-electron chi connectivity index (χ3n) is 7.58. The van der Waals surface area contributed by atoms with Crippen molar-refractivity contribution >= 4 is 28.8 Å². The molecule has 0 unspecified atom stereocenters. The first-order chi connectivity index (χ1) is 16.8. The van der Waals surface area contributed by atoms with Gasteiger partial charge in [-0.15, -0.1) is 0 Å². The highest BCUT2D eigenvalue weighted by Crippen LogP contribution is 2.41. The summed E-state index contributed by atoms with van der Waals surface area (Å²) in [4.78, 5) is 23.8. The van der Waals surface area contributed by atoms with E-state index in [0.29, 0.717) is 37.9 Å². The molecular formula is C25H28F3N5O2. The minimum absolute atomic E-state index is 0.0418. The number of anilines is 4. The molecule has 4 aliphatic heterocycles. The minimum atomic E-state index is -4.22. The average molecular weight is 488 g/mol. The number of fused-ring (bicyclic) bond motifs is 4. The minimum Gasteiger partial charge on any atom is -0.374 e. The van der Waals surface area contributed by atoms with Crippen LogP contribution in [0.3, 0.4) is 0 Å². The topological polar surface area (TPSA) is 60.9 Å². The van der Waals surface area contributed by atoms with Crippen LogP contribution in [0.15, 0.2) is 36.5 Å². The van der Waals surface area contributed by atoms with Gasteiger partial charge in [-0.25, -0.2) is 4.98 Å². The Balaban J connectivity index is 1.28. The quantitative estimate of drug-likeness (QED) is 0.708. The molecule has 3 fully saturated rings. The van der Waals surface area contributed by atoms with Crippen LogP contribution in [0.2, 0.25) is 0 Å². The summed E-state index contributed by atoms with van der Waals surface area (Å²) >= 11 is 0. The third-order valence-corrected chi connectivity index (χ3v) is 7.58. The number of piperidine rings is 1. The number of likely N-dealkylation sites (tertiary alicyclic amines) is 1. The second-order valence-electron chi connectivity index (χ2n) is 9.92. The number of hydrogen-bond acceptors (Lipinski definition) is 6. The molecule has 35 heavy (non-hydrogen) atoms. The van der Waals surface area contributed by atoms with Crippen molar-refractivity contribution in [2.75, 3.05) is 47.9 Å². The number of benzene rings is 1. The van der Waals surface area contributed by atoms with Crippen molar-refractivity contribution in [2.45, 2.75) is 44.1 Å². The second-order valence-corrected chi connectivity index (χ2v) is 9.92. The monoisotopic (exact) mass is 487 g/mol. The summed E-state index contributed by atoms with van der Waals surface area (Å²) in [5.41, 5.74) is 3.54. The number of pyridine rings is 1. The van der Waals surface area contributed by atoms with Crippen molar-refractivity contribution in [3.63, 3.8) is 0 Å². The Kier molecular flexibility index (Phi) is 5.60. The maximum atomic E-state index is 13.8. The number of hydrogen-bond donors (Lipinski definition) is 1. The largest absolute Gasteiger partial charge is 0.401 e. The van der Waals surface area contributed by atoms with Gasteiger partial charge in [-0.2, -0.15) is 13.2 Å². The molecule has 5 heterocycles. The van der Waals surface area contributed by atoms with Crippen LogP contribution in [0.1, 0.15) is 24.8 Å². The Morgan fingerprint density at radius 3 is 2.74 bits per heavy atom. The first-order valence-electron chi connectivity index (χ1n) is 12.2. The fourth-order valence-corrected chi connectivity index (χ4v) is 5.81. The van der Waals surface area contributed by atoms with Crippen LogP contribution in [0, 0.1) is 5.92 Å². The van der Waals surface area contributed by atoms with Crippen LogP contribution in [0.25, 0.3) is 0 Å². The van der Waals surface area contributed by atoms with E-state index in [4.69, 9.17) is 4.74 Å². The van der Waals surface area contributed by atoms with E-state index in [1.165, 1.54) is 4.90 Å². The molecule has 6 rings (SSSR count). The van der Waals surface area contributed by atoms with E-state index in [0.717, 1.165) is 35.6 Å². The number of nitrogens with zero attached hydrogens (tertiary/aromatic N) is 4. The molecule has 2 aromatic rings. The van der Waals surface area contributed by atoms with Gasteiger partial charge < -0.3 is 19.9 Å². The van der Waals surface area contributed by atoms with Crippen molar-refractivity contribution in [2.24, 2.45) is 5.92 Å². The standard InChI is InChI=1S/C25H28F3N5O2/c26-25(27,28)15-31-8-5-16(6-9-31)24(34)33-12-17-2-1-7-29-23(17)30-21-4-3-18(11-22(21)33)32-13-20-10-19(32)14-35-20/h1-4,7,11,16,19-20H,5-6,8-10,12-15H2,(H,29,30)/t19-,20-/m1/s1. The molecule has 1 aromatic carbocycles. The van der Waals surface area contributed by atoms with Gasteiger partial charge in [-0.05, 0) is 56.6 Å². The van der Waals surface area contributed by atoms with E-state index in [2.05, 4.69) is 27.3 Å². The highest BCUT2D eigenvalue weighted by atomic mass is 19.4. The van der Waals surface area contributed by atoms with Crippen LogP contribution in [-0.4, -0.2) is 66.9 Å². The highest BCUT2D eigenvalue weighted by molar-refractivity contribution is 6.00. The van der Waals surface area contributed by atoms with E-state index in [1.54, 1.807) is 11.1 Å². The summed E-state index contributed by atoms with van der Waals surface area (Å²) in [6.07, 6.45) is -0.398. The van der Waals surface area contributed by atoms with Crippen molar-refractivity contribution in [1.82, 2.24) is 9.88 Å². The fraction of sp³-hybridized carbons (Fsp3) is 0.520. The molecular weight excluding hydrogens is 459 g/mol. The molecule has 1 aromatic heterocycles. The third kappa shape index (κ3) is 4.45. The first-order valence-corrected chi connectivity index (χ1v) is 12.2. The zero-order valence-corrected chi connectivity index (χ0v) is 19.3. The van der Waals surface area contributed by atoms with Crippen LogP contribution < -0.4 is 15.1 Å². The van der Waals surface area contributed by atoms with Crippen molar-refractivity contribution in [1.29, 1.82) is 0 Å². The summed E-state index contributed by atoms with van der Waals surface area (Å²) in [6.45, 7) is 1.53. The van der Waals surface area contributed by atoms with Crippen molar-refractivity contribution in [3.8, 4) is 0 Å². The zero-order chi connectivity index (χ0) is 24.2. The highest BCUT2D eigenvalue weighted by Gasteiger charge is 2.40. The smallest absolute Gasteiger partial charge is 0.374 e. The Labute approximate surface area is 201 Å². The molecule has 10 heteroatoms. The van der Waals surface area contributed by atoms with Gasteiger partial charge in [-0.1, -0.05) is 6.07 Å². The van der Waals surface area contributed by atoms with Gasteiger partial charge in [0.1, 0.15) is 5.82 Å². The molecule has 0 aliphatic carbocycles. The number of carbonyl (C=O) groups is 1. The molecule has 0 saturated carbocycles. The van der Waals surface area contributed by atoms with Crippen molar-refractivity contribution in [3.05, 3.63) is 42.1 Å². The van der Waals surface area contributed by atoms with Gasteiger partial charge >= 0.3 is 6.18 Å². The molecule has 186 valence electrons. The number of aromatic nitrogens is 1. The molecule has 2 bridgehead atoms. The summed E-state index contributed by atoms with van der Waals surface area (Å²) in [6, 6.07) is 10.3. The molecule has 0 spiro atoms. The summed E-state index contributed by atoms with van der Waals surface area (Å²) in [7, 11) is 0. The molecule has 2 atom stereocenters. The number of halogens is 3. The zero-order valence-electron chi connectivity index (χ0n) is 19.3. The van der Waals surface area contributed by atoms with Crippen LogP contribution in [0.5, 0.6) is 0 Å². The SMILES string of the molecule is O=C(C1CCN(CC(F)(F)F)CC1)N1Cc2cccnc2Nc2ccc(N3C[C@H]4C[C@@H]3CO4)cc21. The number of morpholine rings is 1. The van der Waals surface area contributed by atoms with Crippen molar-refractivity contribution < 1.29 is 22.7 Å². The Bertz CT molecular complexity index is 1120. The van der Waals surface area contributed by atoms with Crippen LogP contribution in [-0.2, 0) is 16.1 Å². The number of amides is 1. The molecule has 3 saturated heterocycles. The van der Waals surface area contributed by atoms with E-state index >= 15 is 0 Å². The molecule has 1 amide bonds. The lowest BCUT2D eigenvalue weighted by atomic mass is 9.94. The van der Waals surface area contributed by atoms with E-state index in [9.17, 15) is 18.0 Å². The fourth-order valence-electron chi connectivity index (χ4n) is 5.81. The summed E-state index contributed by atoms with van der Waals surface area (Å²) in [5.74, 6) is 0.357. The normalized spacial score (nSPS) is 24.7. The van der Waals surface area contributed by atoms with Crippen LogP contribution in [0.4, 0.5) is 36.1 Å². The predicted octanol–water partition coefficient (Wildman–Crippen LogP) is 3.92. The number of rotatable bonds is 3. The van der Waals surface area contributed by atoms with E-state index < -0.39 is 12.7 Å². The van der Waals surface area contributed by atoms with Gasteiger partial charge in [-0.3, -0.25) is 9.69 Å². The first kappa shape index (κ1) is 22.6. The number of carbonyl (C=O) groups excluding carboxylic acids is 1. The van der Waals surface area contributed by atoms with Crippen LogP contribution >= 0.6 is 0 Å². The van der Waals surface area contributed by atoms with E-state index in [1.807, 2.05) is 18.2 Å². The number of alkyl halides is 3. The van der Waals surface area contributed by atoms with Gasteiger partial charge in [0.25, 0.3) is 0 Å². The Hall–Kier alpha value is -2.85. The molecule has 0 radical (unpaired) electrons. The predicted molar refractivity (Wildman–Crippen MR) is 126 cm³/mol. The lowest BCUT2D eigenvalue weighted by molar-refractivity contribution is -0.149. The molecule has 4 aliphatic rings. The lowest BCUT2D eigenvalue weighted by Crippen LogP contribution is -2.45. The number of ether oxygens (including phenoxy) is 1. The van der Waals surface area contributed by atoms with E-state index in [-0.39, 0.29) is 31.0 Å². The molecule has 1 N–H and O–H groups in total. The summed E-state index contributed by atoms with van der Waals surface area (Å²) < 4.78 is 44.2. The van der Waals surface area contributed by atoms with Gasteiger partial charge in [0.15, 0.2) is 0 Å². The lowest BCUT2D eigenvalue weighted by Gasteiger charge is -2.35. The second kappa shape index (κ2) is 8.67. The molecule has 7 nitrogen and oxygen atoms in total. The Morgan fingerprint density at radius 2 is 2.03 bits per heavy atom. The Morgan fingerprint density at radius 1 is 1.20 bits per heavy atom. The maximum Gasteiger partial charge on any atom is 0.401 e. The van der Waals surface area contributed by atoms with Gasteiger partial charge in [0.2, 0.25) is 5.91 Å². The summed E-state index contributed by atoms with van der Waals surface area (Å²) in [5, 5.41) is 3.39. The maximum absolute atomic E-state index is 13.8. The van der Waals surface area contributed by atoms with Gasteiger partial charge in [0, 0.05) is 29.9 Å². The average Bonchev–Trinajstić information content (AvgIpc) is 3.43. The number of nitrogens with one attached hydrogen (secondary N) is 1. The van der Waals surface area contributed by atoms with Gasteiger partial charge in [0.05, 0.1) is 43.2 Å².